The molecule has 27 heavy (non-hydrogen) atoms. The van der Waals surface area contributed by atoms with Gasteiger partial charge in [-0.15, -0.1) is 0 Å². The van der Waals surface area contributed by atoms with Crippen molar-refractivity contribution in [1.29, 1.82) is 0 Å². The van der Waals surface area contributed by atoms with E-state index in [1.165, 1.54) is 25.7 Å². The molecule has 0 bridgehead atoms. The lowest BCUT2D eigenvalue weighted by Crippen LogP contribution is -2.23. The number of ether oxygens (including phenoxy) is 1. The highest BCUT2D eigenvalue weighted by Gasteiger charge is 2.19. The van der Waals surface area contributed by atoms with Gasteiger partial charge in [-0.2, -0.15) is 0 Å². The van der Waals surface area contributed by atoms with Crippen LogP contribution in [-0.2, 0) is 6.54 Å². The molecule has 1 aromatic heterocycles. The Morgan fingerprint density at radius 3 is 2.85 bits per heavy atom. The molecule has 0 saturated heterocycles. The van der Waals surface area contributed by atoms with Gasteiger partial charge in [0, 0.05) is 28.2 Å². The monoisotopic (exact) mass is 427 g/mol. The molecular formula is C21H22BrN3O2. The number of hydrogen-bond acceptors (Lipinski definition) is 3. The minimum absolute atomic E-state index is 0.116. The van der Waals surface area contributed by atoms with Crippen molar-refractivity contribution in [3.8, 4) is 5.75 Å². The standard InChI is InChI=1S/C21H22BrN3O2/c1-27-20-9-7-16(22)10-15(20)12-23-21(26)14-6-8-19-18(11-14)24-13-25(19)17-4-2-3-5-17/h6-11,13,17H,2-5,12H2,1H3,(H,23,26). The highest BCUT2D eigenvalue weighted by atomic mass is 79.9. The van der Waals surface area contributed by atoms with Crippen LogP contribution in [0.2, 0.25) is 0 Å². The normalized spacial score (nSPS) is 14.6. The summed E-state index contributed by atoms with van der Waals surface area (Å²) in [5.41, 5.74) is 3.52. The summed E-state index contributed by atoms with van der Waals surface area (Å²) in [5.74, 6) is 0.638. The van der Waals surface area contributed by atoms with Crippen molar-refractivity contribution in [2.45, 2.75) is 38.3 Å². The van der Waals surface area contributed by atoms with Gasteiger partial charge in [0.15, 0.2) is 0 Å². The van der Waals surface area contributed by atoms with Crippen molar-refractivity contribution < 1.29 is 9.53 Å². The lowest BCUT2D eigenvalue weighted by molar-refractivity contribution is 0.0951. The van der Waals surface area contributed by atoms with E-state index in [1.807, 2.05) is 42.7 Å². The molecule has 0 unspecified atom stereocenters. The molecule has 3 aromatic rings. The van der Waals surface area contributed by atoms with Gasteiger partial charge in [-0.3, -0.25) is 4.79 Å². The van der Waals surface area contributed by atoms with Crippen LogP contribution in [0.15, 0.2) is 47.2 Å². The number of aromatic nitrogens is 2. The van der Waals surface area contributed by atoms with Crippen LogP contribution in [0.5, 0.6) is 5.75 Å². The van der Waals surface area contributed by atoms with Crippen LogP contribution in [0, 0.1) is 0 Å². The van der Waals surface area contributed by atoms with Crippen molar-refractivity contribution in [3.05, 3.63) is 58.3 Å². The van der Waals surface area contributed by atoms with Gasteiger partial charge in [0.2, 0.25) is 0 Å². The molecule has 0 aliphatic heterocycles. The first kappa shape index (κ1) is 18.0. The van der Waals surface area contributed by atoms with E-state index in [2.05, 4.69) is 30.8 Å². The van der Waals surface area contributed by atoms with Gasteiger partial charge >= 0.3 is 0 Å². The van der Waals surface area contributed by atoms with Crippen molar-refractivity contribution in [3.63, 3.8) is 0 Å². The molecule has 0 radical (unpaired) electrons. The minimum atomic E-state index is -0.116. The Bertz CT molecular complexity index is 977. The summed E-state index contributed by atoms with van der Waals surface area (Å²) in [4.78, 5) is 17.1. The molecule has 1 aliphatic rings. The number of hydrogen-bond donors (Lipinski definition) is 1. The fourth-order valence-electron chi connectivity index (χ4n) is 3.81. The number of carbonyl (C=O) groups is 1. The number of rotatable bonds is 5. The molecule has 1 aliphatic carbocycles. The van der Waals surface area contributed by atoms with Gasteiger partial charge in [-0.25, -0.2) is 4.98 Å². The van der Waals surface area contributed by atoms with Gasteiger partial charge in [0.05, 0.1) is 24.5 Å². The third kappa shape index (κ3) is 3.72. The van der Waals surface area contributed by atoms with E-state index in [-0.39, 0.29) is 5.91 Å². The molecule has 1 fully saturated rings. The molecule has 2 aromatic carbocycles. The fourth-order valence-corrected chi connectivity index (χ4v) is 4.22. The summed E-state index contributed by atoms with van der Waals surface area (Å²) in [7, 11) is 1.63. The number of imidazole rings is 1. The first-order valence-electron chi connectivity index (χ1n) is 9.23. The van der Waals surface area contributed by atoms with Crippen molar-refractivity contribution in [1.82, 2.24) is 14.9 Å². The molecule has 0 atom stereocenters. The van der Waals surface area contributed by atoms with Gasteiger partial charge in [-0.05, 0) is 49.2 Å². The Morgan fingerprint density at radius 2 is 2.07 bits per heavy atom. The average molecular weight is 428 g/mol. The van der Waals surface area contributed by atoms with Crippen molar-refractivity contribution in [2.24, 2.45) is 0 Å². The lowest BCUT2D eigenvalue weighted by Gasteiger charge is -2.12. The smallest absolute Gasteiger partial charge is 0.251 e. The molecule has 1 heterocycles. The summed E-state index contributed by atoms with van der Waals surface area (Å²) in [6.45, 7) is 0.399. The van der Waals surface area contributed by atoms with Crippen molar-refractivity contribution in [2.75, 3.05) is 7.11 Å². The Balaban J connectivity index is 1.50. The van der Waals surface area contributed by atoms with Crippen LogP contribution >= 0.6 is 15.9 Å². The molecule has 0 spiro atoms. The van der Waals surface area contributed by atoms with Gasteiger partial charge in [0.1, 0.15) is 5.75 Å². The van der Waals surface area contributed by atoms with Crippen LogP contribution < -0.4 is 10.1 Å². The zero-order valence-electron chi connectivity index (χ0n) is 15.2. The lowest BCUT2D eigenvalue weighted by atomic mass is 10.1. The molecule has 1 saturated carbocycles. The van der Waals surface area contributed by atoms with Crippen LogP contribution in [0.4, 0.5) is 0 Å². The van der Waals surface area contributed by atoms with E-state index in [9.17, 15) is 4.79 Å². The Morgan fingerprint density at radius 1 is 1.26 bits per heavy atom. The van der Waals surface area contributed by atoms with Gasteiger partial charge in [0.25, 0.3) is 5.91 Å². The summed E-state index contributed by atoms with van der Waals surface area (Å²) < 4.78 is 8.57. The largest absolute Gasteiger partial charge is 0.496 e. The number of benzene rings is 2. The third-order valence-electron chi connectivity index (χ3n) is 5.24. The number of amides is 1. The molecule has 1 amide bonds. The minimum Gasteiger partial charge on any atom is -0.496 e. The molecule has 4 rings (SSSR count). The van der Waals surface area contributed by atoms with Crippen LogP contribution in [0.3, 0.4) is 0 Å². The maximum Gasteiger partial charge on any atom is 0.251 e. The number of halogens is 1. The number of nitrogens with zero attached hydrogens (tertiary/aromatic N) is 2. The molecule has 140 valence electrons. The van der Waals surface area contributed by atoms with E-state index < -0.39 is 0 Å². The molecule has 1 N–H and O–H groups in total. The highest BCUT2D eigenvalue weighted by Crippen LogP contribution is 2.32. The zero-order chi connectivity index (χ0) is 18.8. The Hall–Kier alpha value is -2.34. The van der Waals surface area contributed by atoms with E-state index in [1.54, 1.807) is 7.11 Å². The predicted octanol–water partition coefficient (Wildman–Crippen LogP) is 4.85. The van der Waals surface area contributed by atoms with Crippen molar-refractivity contribution >= 4 is 32.9 Å². The maximum atomic E-state index is 12.6. The van der Waals surface area contributed by atoms with E-state index in [0.717, 1.165) is 26.8 Å². The highest BCUT2D eigenvalue weighted by molar-refractivity contribution is 9.10. The second-order valence-electron chi connectivity index (χ2n) is 6.93. The second kappa shape index (κ2) is 7.72. The van der Waals surface area contributed by atoms with Crippen LogP contribution in [-0.4, -0.2) is 22.6 Å². The predicted molar refractivity (Wildman–Crippen MR) is 109 cm³/mol. The van der Waals surface area contributed by atoms with Crippen LogP contribution in [0.25, 0.3) is 11.0 Å². The summed E-state index contributed by atoms with van der Waals surface area (Å²) >= 11 is 3.46. The first-order chi connectivity index (χ1) is 13.2. The SMILES string of the molecule is COc1ccc(Br)cc1CNC(=O)c1ccc2c(c1)ncn2C1CCCC1. The summed E-state index contributed by atoms with van der Waals surface area (Å²) in [5, 5.41) is 2.97. The summed E-state index contributed by atoms with van der Waals surface area (Å²) in [6, 6.07) is 12.0. The number of nitrogens with one attached hydrogen (secondary N) is 1. The topological polar surface area (TPSA) is 56.1 Å². The number of carbonyl (C=O) groups excluding carboxylic acids is 1. The number of fused-ring (bicyclic) bond motifs is 1. The van der Waals surface area contributed by atoms with Gasteiger partial charge < -0.3 is 14.6 Å². The average Bonchev–Trinajstić information content (AvgIpc) is 3.34. The fraction of sp³-hybridized carbons (Fsp3) is 0.333. The van der Waals surface area contributed by atoms with E-state index in [0.29, 0.717) is 18.2 Å². The quantitative estimate of drug-likeness (QED) is 0.632. The third-order valence-corrected chi connectivity index (χ3v) is 5.73. The maximum absolute atomic E-state index is 12.6. The second-order valence-corrected chi connectivity index (χ2v) is 7.85. The molecule has 6 heteroatoms. The first-order valence-corrected chi connectivity index (χ1v) is 10.0. The van der Waals surface area contributed by atoms with Gasteiger partial charge in [-0.1, -0.05) is 28.8 Å². The summed E-state index contributed by atoms with van der Waals surface area (Å²) in [6.07, 6.45) is 6.90. The van der Waals surface area contributed by atoms with E-state index in [4.69, 9.17) is 4.74 Å². The van der Waals surface area contributed by atoms with E-state index >= 15 is 0 Å². The number of methoxy groups -OCH3 is 1. The zero-order valence-corrected chi connectivity index (χ0v) is 16.8. The Kier molecular flexibility index (Phi) is 5.16. The molecular weight excluding hydrogens is 406 g/mol. The van der Waals surface area contributed by atoms with Crippen LogP contribution in [0.1, 0.15) is 47.6 Å². The Labute approximate surface area is 166 Å². The molecule has 5 nitrogen and oxygen atoms in total.